The lowest BCUT2D eigenvalue weighted by Crippen LogP contribution is -2.43. The molecule has 1 heterocycles. The van der Waals surface area contributed by atoms with Crippen molar-refractivity contribution in [3.63, 3.8) is 0 Å². The van der Waals surface area contributed by atoms with Gasteiger partial charge in [-0.1, -0.05) is 0 Å². The fraction of sp³-hybridized carbons (Fsp3) is 0.941. The molecule has 1 rings (SSSR count). The van der Waals surface area contributed by atoms with Gasteiger partial charge in [-0.05, 0) is 45.4 Å². The number of hydrogen-bond donors (Lipinski definition) is 2. The molecule has 26 heavy (non-hydrogen) atoms. The van der Waals surface area contributed by atoms with E-state index in [0.717, 1.165) is 51.6 Å². The predicted molar refractivity (Wildman–Crippen MR) is 117 cm³/mol. The summed E-state index contributed by atoms with van der Waals surface area (Å²) in [5.74, 6) is 1.54. The Kier molecular flexibility index (Phi) is 14.8. The molecule has 1 aliphatic rings. The zero-order valence-corrected chi connectivity index (χ0v) is 19.5. The van der Waals surface area contributed by atoms with Crippen molar-refractivity contribution in [3.05, 3.63) is 0 Å². The Labute approximate surface area is 176 Å². The number of nitrogens with zero attached hydrogens (tertiary/aromatic N) is 1. The van der Waals surface area contributed by atoms with Crippen LogP contribution in [0.5, 0.6) is 0 Å². The molecule has 1 fully saturated rings. The molecule has 0 radical (unpaired) electrons. The van der Waals surface area contributed by atoms with E-state index in [2.05, 4.69) is 15.6 Å². The Morgan fingerprint density at radius 1 is 1.35 bits per heavy atom. The quantitative estimate of drug-likeness (QED) is 0.193. The van der Waals surface area contributed by atoms with Crippen molar-refractivity contribution in [2.45, 2.75) is 45.6 Å². The number of halogens is 1. The molecule has 1 atom stereocenters. The highest BCUT2D eigenvalue weighted by Gasteiger charge is 2.13. The van der Waals surface area contributed by atoms with Crippen molar-refractivity contribution in [2.24, 2.45) is 10.9 Å². The Morgan fingerprint density at radius 3 is 2.65 bits per heavy atom. The van der Waals surface area contributed by atoms with E-state index >= 15 is 0 Å². The molecule has 0 aromatic carbocycles. The van der Waals surface area contributed by atoms with Crippen LogP contribution in [0, 0.1) is 5.92 Å². The lowest BCUT2D eigenvalue weighted by molar-refractivity contribution is 0.0205. The molecule has 1 aliphatic heterocycles. The van der Waals surface area contributed by atoms with Crippen molar-refractivity contribution in [1.29, 1.82) is 0 Å². The number of hydrogen-bond acceptors (Lipinski definition) is 5. The molecular weight excluding hydrogens is 469 g/mol. The smallest absolute Gasteiger partial charge is 0.191 e. The van der Waals surface area contributed by atoms with Crippen molar-refractivity contribution >= 4 is 39.8 Å². The standard InChI is InChI=1S/C17H35N3O4S.HI/c1-4-18-17(20-15(2)8-13-25(3,21)22)19-9-5-10-24-14-16-6-11-23-12-7-16;/h15-16H,4-14H2,1-3H3,(H2,18,19,20);1H. The first-order valence-electron chi connectivity index (χ1n) is 9.28. The summed E-state index contributed by atoms with van der Waals surface area (Å²) in [6.07, 6.45) is 4.89. The second-order valence-corrected chi connectivity index (χ2v) is 8.97. The molecular formula is C17H36IN3O4S. The molecule has 0 saturated carbocycles. The van der Waals surface area contributed by atoms with Crippen LogP contribution in [0.25, 0.3) is 0 Å². The van der Waals surface area contributed by atoms with Gasteiger partial charge in [0.15, 0.2) is 5.96 Å². The van der Waals surface area contributed by atoms with E-state index in [-0.39, 0.29) is 35.8 Å². The summed E-state index contributed by atoms with van der Waals surface area (Å²) in [7, 11) is -2.93. The third kappa shape index (κ3) is 14.0. The van der Waals surface area contributed by atoms with E-state index in [1.54, 1.807) is 0 Å². The van der Waals surface area contributed by atoms with Crippen LogP contribution in [0.4, 0.5) is 0 Å². The van der Waals surface area contributed by atoms with Gasteiger partial charge >= 0.3 is 0 Å². The van der Waals surface area contributed by atoms with Crippen LogP contribution in [0.15, 0.2) is 4.99 Å². The van der Waals surface area contributed by atoms with E-state index in [0.29, 0.717) is 25.5 Å². The maximum atomic E-state index is 11.2. The molecule has 156 valence electrons. The highest BCUT2D eigenvalue weighted by molar-refractivity contribution is 14.0. The minimum atomic E-state index is -2.93. The summed E-state index contributed by atoms with van der Waals surface area (Å²) in [5.41, 5.74) is 0. The lowest BCUT2D eigenvalue weighted by Gasteiger charge is -2.21. The van der Waals surface area contributed by atoms with Crippen LogP contribution in [0.2, 0.25) is 0 Å². The second kappa shape index (κ2) is 14.9. The molecule has 1 saturated heterocycles. The summed E-state index contributed by atoms with van der Waals surface area (Å²) in [6.45, 7) is 8.66. The predicted octanol–water partition coefficient (Wildman–Crippen LogP) is 1.82. The van der Waals surface area contributed by atoms with Crippen molar-refractivity contribution in [2.75, 3.05) is 51.5 Å². The first-order chi connectivity index (χ1) is 11.9. The van der Waals surface area contributed by atoms with Gasteiger partial charge in [-0.3, -0.25) is 4.99 Å². The average molecular weight is 505 g/mol. The minimum Gasteiger partial charge on any atom is -0.381 e. The fourth-order valence-corrected chi connectivity index (χ4v) is 3.32. The highest BCUT2D eigenvalue weighted by atomic mass is 127. The molecule has 9 heteroatoms. The third-order valence-corrected chi connectivity index (χ3v) is 5.04. The number of ether oxygens (including phenoxy) is 2. The van der Waals surface area contributed by atoms with E-state index in [4.69, 9.17) is 9.47 Å². The first kappa shape index (κ1) is 25.9. The van der Waals surface area contributed by atoms with Gasteiger partial charge in [0.25, 0.3) is 0 Å². The van der Waals surface area contributed by atoms with E-state index in [1.165, 1.54) is 6.26 Å². The maximum absolute atomic E-state index is 11.2. The Hall–Kier alpha value is -0.130. The van der Waals surface area contributed by atoms with Crippen LogP contribution in [0.1, 0.15) is 39.5 Å². The van der Waals surface area contributed by atoms with Crippen LogP contribution < -0.4 is 10.6 Å². The molecule has 0 aromatic heterocycles. The van der Waals surface area contributed by atoms with Gasteiger partial charge in [0, 0.05) is 51.8 Å². The molecule has 1 unspecified atom stereocenters. The van der Waals surface area contributed by atoms with E-state index in [1.807, 2.05) is 13.8 Å². The number of guanidine groups is 1. The summed E-state index contributed by atoms with van der Waals surface area (Å²) in [4.78, 5) is 4.53. The summed E-state index contributed by atoms with van der Waals surface area (Å²) in [6, 6.07) is 0.0531. The lowest BCUT2D eigenvalue weighted by atomic mass is 10.0. The van der Waals surface area contributed by atoms with Crippen LogP contribution in [-0.4, -0.2) is 71.9 Å². The third-order valence-electron chi connectivity index (χ3n) is 4.06. The van der Waals surface area contributed by atoms with E-state index < -0.39 is 9.84 Å². The topological polar surface area (TPSA) is 89.0 Å². The van der Waals surface area contributed by atoms with Crippen LogP contribution in [-0.2, 0) is 19.3 Å². The normalized spacial score (nSPS) is 17.4. The molecule has 2 N–H and O–H groups in total. The van der Waals surface area contributed by atoms with Crippen LogP contribution >= 0.6 is 24.0 Å². The molecule has 0 aliphatic carbocycles. The molecule has 0 bridgehead atoms. The van der Waals surface area contributed by atoms with Gasteiger partial charge in [0.1, 0.15) is 9.84 Å². The van der Waals surface area contributed by atoms with Crippen molar-refractivity contribution in [1.82, 2.24) is 10.6 Å². The van der Waals surface area contributed by atoms with Crippen molar-refractivity contribution < 1.29 is 17.9 Å². The number of rotatable bonds is 11. The molecule has 0 aromatic rings. The van der Waals surface area contributed by atoms with Crippen LogP contribution in [0.3, 0.4) is 0 Å². The largest absolute Gasteiger partial charge is 0.381 e. The first-order valence-corrected chi connectivity index (χ1v) is 11.3. The van der Waals surface area contributed by atoms with Gasteiger partial charge in [-0.15, -0.1) is 24.0 Å². The summed E-state index contributed by atoms with van der Waals surface area (Å²) < 4.78 is 33.6. The van der Waals surface area contributed by atoms with Crippen molar-refractivity contribution in [3.8, 4) is 0 Å². The minimum absolute atomic E-state index is 0. The number of aliphatic imine (C=N–C) groups is 1. The van der Waals surface area contributed by atoms with Gasteiger partial charge in [-0.2, -0.15) is 0 Å². The van der Waals surface area contributed by atoms with Gasteiger partial charge < -0.3 is 20.1 Å². The molecule has 0 amide bonds. The fourth-order valence-electron chi connectivity index (χ4n) is 2.54. The summed E-state index contributed by atoms with van der Waals surface area (Å²) >= 11 is 0. The second-order valence-electron chi connectivity index (χ2n) is 6.71. The molecule has 7 nitrogen and oxygen atoms in total. The Morgan fingerprint density at radius 2 is 2.04 bits per heavy atom. The monoisotopic (exact) mass is 505 g/mol. The highest BCUT2D eigenvalue weighted by Crippen LogP contribution is 2.14. The average Bonchev–Trinajstić information content (AvgIpc) is 2.56. The SMILES string of the molecule is CCNC(=NCCCOCC1CCOCC1)NC(C)CCS(C)(=O)=O.I. The number of sulfone groups is 1. The molecule has 0 spiro atoms. The zero-order chi connectivity index (χ0) is 18.5. The maximum Gasteiger partial charge on any atom is 0.191 e. The number of nitrogens with one attached hydrogen (secondary N) is 2. The van der Waals surface area contributed by atoms with Gasteiger partial charge in [-0.25, -0.2) is 8.42 Å². The zero-order valence-electron chi connectivity index (χ0n) is 16.3. The van der Waals surface area contributed by atoms with Gasteiger partial charge in [0.2, 0.25) is 0 Å². The summed E-state index contributed by atoms with van der Waals surface area (Å²) in [5, 5.41) is 6.44. The Bertz CT molecular complexity index is 482. The van der Waals surface area contributed by atoms with E-state index in [9.17, 15) is 8.42 Å². The Balaban J connectivity index is 0.00000625. The van der Waals surface area contributed by atoms with Gasteiger partial charge in [0.05, 0.1) is 5.75 Å².